The largest absolute Gasteiger partial charge is 0.263 e. The van der Waals surface area contributed by atoms with Crippen molar-refractivity contribution in [1.29, 1.82) is 0 Å². The van der Waals surface area contributed by atoms with Crippen LogP contribution < -0.4 is 0 Å². The van der Waals surface area contributed by atoms with Crippen molar-refractivity contribution in [3.63, 3.8) is 0 Å². The molecule has 0 N–H and O–H groups in total. The highest BCUT2D eigenvalue weighted by Gasteiger charge is 2.07. The maximum absolute atomic E-state index is 2.34. The summed E-state index contributed by atoms with van der Waals surface area (Å²) in [4.78, 5) is 0. The van der Waals surface area contributed by atoms with Gasteiger partial charge in [-0.2, -0.15) is 0 Å². The maximum Gasteiger partial charge on any atom is 0.0489 e. The molecule has 0 aromatic heterocycles. The third kappa shape index (κ3) is 2.22. The molecule has 52 valence electrons. The summed E-state index contributed by atoms with van der Waals surface area (Å²) in [6.45, 7) is 7.03. The van der Waals surface area contributed by atoms with Crippen molar-refractivity contribution in [2.45, 2.75) is 20.8 Å². The van der Waals surface area contributed by atoms with Crippen LogP contribution in [-0.2, 0) is 0 Å². The zero-order chi connectivity index (χ0) is 6.62. The first-order chi connectivity index (χ1) is 3.68. The minimum Gasteiger partial charge on any atom is -0.263 e. The van der Waals surface area contributed by atoms with Gasteiger partial charge in [0, 0.05) is 9.39 Å². The Morgan fingerprint density at radius 3 is 1.25 bits per heavy atom. The fourth-order valence-electron chi connectivity index (χ4n) is 0.612. The van der Waals surface area contributed by atoms with E-state index in [9.17, 15) is 0 Å². The van der Waals surface area contributed by atoms with Crippen LogP contribution >= 0.6 is 9.48 Å². The summed E-state index contributed by atoms with van der Waals surface area (Å²) in [5.41, 5.74) is 0. The molecule has 0 bridgehead atoms. The van der Waals surface area contributed by atoms with E-state index in [2.05, 4.69) is 20.8 Å². The Labute approximate surface area is 57.4 Å². The molecule has 2 heteroatoms. The lowest BCUT2D eigenvalue weighted by molar-refractivity contribution is 1.37. The fraction of sp³-hybridized carbons (Fsp3) is 1.00. The first kappa shape index (κ1) is 8.57. The summed E-state index contributed by atoms with van der Waals surface area (Å²) in [7, 11) is 1.44. The normalized spacial score (nSPS) is 14.4. The van der Waals surface area contributed by atoms with Crippen molar-refractivity contribution < 1.29 is 0 Å². The summed E-state index contributed by atoms with van der Waals surface area (Å²) >= 11 is 0. The van der Waals surface area contributed by atoms with Crippen LogP contribution in [0.4, 0.5) is 0 Å². The average molecular weight is 150 g/mol. The highest BCUT2D eigenvalue weighted by molar-refractivity contribution is 8.49. The molecule has 0 rings (SSSR count). The Kier molecular flexibility index (Phi) is 3.82. The summed E-state index contributed by atoms with van der Waals surface area (Å²) in [6, 6.07) is 0. The van der Waals surface area contributed by atoms with Gasteiger partial charge in [-0.1, -0.05) is 20.8 Å². The van der Waals surface area contributed by atoms with Crippen LogP contribution in [0.3, 0.4) is 0 Å². The molecule has 0 atom stereocenters. The lowest BCUT2D eigenvalue weighted by atomic mass is 10.9. The topological polar surface area (TPSA) is 0 Å². The molecule has 0 amide bonds. The van der Waals surface area contributed by atoms with Crippen molar-refractivity contribution in [2.75, 3.05) is 17.3 Å². The highest BCUT2D eigenvalue weighted by atomic mass is 32.4. The third-order valence-electron chi connectivity index (χ3n) is 2.09. The lowest BCUT2D eigenvalue weighted by Crippen LogP contribution is -2.07. The van der Waals surface area contributed by atoms with Crippen LogP contribution in [0.2, 0.25) is 0 Å². The Balaban J connectivity index is 3.58. The molecule has 0 radical (unpaired) electrons. The molecule has 0 aliphatic heterocycles. The van der Waals surface area contributed by atoms with Gasteiger partial charge >= 0.3 is 0 Å². The molecule has 0 unspecified atom stereocenters. The predicted octanol–water partition coefficient (Wildman–Crippen LogP) is 1.13. The van der Waals surface area contributed by atoms with E-state index in [-0.39, 0.29) is 9.48 Å². The molecule has 0 aliphatic carbocycles. The van der Waals surface area contributed by atoms with Gasteiger partial charge in [-0.15, -0.1) is 0 Å². The molecule has 0 aromatic carbocycles. The standard InChI is InChI=1S/C6H18SSi/c1-4-7(8,5-2)6-3/h4-6H2,1-3,8H3. The van der Waals surface area contributed by atoms with E-state index in [1.165, 1.54) is 26.7 Å². The SMILES string of the molecule is CCS([SiH3])(CC)CC. The molecular formula is C6H18SSi. The van der Waals surface area contributed by atoms with E-state index in [4.69, 9.17) is 0 Å². The highest BCUT2D eigenvalue weighted by Crippen LogP contribution is 2.40. The minimum absolute atomic E-state index is 0.0139. The monoisotopic (exact) mass is 150 g/mol. The van der Waals surface area contributed by atoms with Crippen molar-refractivity contribution in [3.8, 4) is 0 Å². The van der Waals surface area contributed by atoms with Gasteiger partial charge in [0.2, 0.25) is 0 Å². The van der Waals surface area contributed by atoms with Gasteiger partial charge < -0.3 is 0 Å². The zero-order valence-corrected chi connectivity index (χ0v) is 9.35. The molecule has 0 nitrogen and oxygen atoms in total. The van der Waals surface area contributed by atoms with Crippen LogP contribution in [0.5, 0.6) is 0 Å². The maximum atomic E-state index is 2.34. The van der Waals surface area contributed by atoms with Gasteiger partial charge in [-0.3, -0.25) is 9.48 Å². The Morgan fingerprint density at radius 1 is 1.00 bits per heavy atom. The molecule has 0 fully saturated rings. The van der Waals surface area contributed by atoms with Crippen molar-refractivity contribution >= 4 is 18.9 Å². The van der Waals surface area contributed by atoms with E-state index >= 15 is 0 Å². The van der Waals surface area contributed by atoms with Crippen molar-refractivity contribution in [1.82, 2.24) is 0 Å². The van der Waals surface area contributed by atoms with Gasteiger partial charge in [0.25, 0.3) is 0 Å². The van der Waals surface area contributed by atoms with Gasteiger partial charge in [0.05, 0.1) is 0 Å². The molecule has 0 saturated carbocycles. The third-order valence-corrected chi connectivity index (χ3v) is 11.5. The Bertz CT molecular complexity index is 51.3. The van der Waals surface area contributed by atoms with Crippen LogP contribution in [0, 0.1) is 0 Å². The molecule has 0 aliphatic rings. The number of hydrogen-bond donors (Lipinski definition) is 0. The fourth-order valence-corrected chi connectivity index (χ4v) is 1.84. The zero-order valence-electron chi connectivity index (χ0n) is 6.53. The Morgan fingerprint density at radius 2 is 1.25 bits per heavy atom. The van der Waals surface area contributed by atoms with E-state index < -0.39 is 0 Å². The van der Waals surface area contributed by atoms with Gasteiger partial charge in [0.15, 0.2) is 0 Å². The summed E-state index contributed by atoms with van der Waals surface area (Å²) in [5.74, 6) is 4.39. The number of rotatable bonds is 3. The average Bonchev–Trinajstić information content (AvgIpc) is 1.87. The molecule has 0 aromatic rings. The summed E-state index contributed by atoms with van der Waals surface area (Å²) in [6.07, 6.45) is 0. The quantitative estimate of drug-likeness (QED) is 0.529. The molecule has 0 spiro atoms. The smallest absolute Gasteiger partial charge is 0.0489 e. The summed E-state index contributed by atoms with van der Waals surface area (Å²) in [5, 5.41) is 0. The number of hydrogen-bond acceptors (Lipinski definition) is 0. The van der Waals surface area contributed by atoms with Gasteiger partial charge in [-0.25, -0.2) is 0 Å². The van der Waals surface area contributed by atoms with Gasteiger partial charge in [-0.05, 0) is 17.3 Å². The van der Waals surface area contributed by atoms with Crippen molar-refractivity contribution in [2.24, 2.45) is 0 Å². The summed E-state index contributed by atoms with van der Waals surface area (Å²) < 4.78 is 0. The van der Waals surface area contributed by atoms with Crippen LogP contribution in [0.1, 0.15) is 20.8 Å². The second-order valence-electron chi connectivity index (χ2n) is 2.34. The van der Waals surface area contributed by atoms with E-state index in [1.807, 2.05) is 0 Å². The lowest BCUT2D eigenvalue weighted by Gasteiger charge is -2.31. The van der Waals surface area contributed by atoms with Crippen molar-refractivity contribution in [3.05, 3.63) is 0 Å². The minimum atomic E-state index is -0.0139. The first-order valence-electron chi connectivity index (χ1n) is 3.40. The molecule has 0 heterocycles. The van der Waals surface area contributed by atoms with Crippen LogP contribution in [0.15, 0.2) is 0 Å². The second-order valence-corrected chi connectivity index (χ2v) is 12.2. The molecule has 8 heavy (non-hydrogen) atoms. The van der Waals surface area contributed by atoms with Crippen LogP contribution in [-0.4, -0.2) is 26.7 Å². The van der Waals surface area contributed by atoms with Gasteiger partial charge in [0.1, 0.15) is 0 Å². The predicted molar refractivity (Wildman–Crippen MR) is 49.2 cm³/mol. The molecular weight excluding hydrogens is 132 g/mol. The first-order valence-corrected chi connectivity index (χ1v) is 8.39. The Hall–Kier alpha value is 0.567. The van der Waals surface area contributed by atoms with E-state index in [1.54, 1.807) is 0 Å². The second kappa shape index (κ2) is 3.57. The molecule has 0 saturated heterocycles. The van der Waals surface area contributed by atoms with E-state index in [0.29, 0.717) is 0 Å². The van der Waals surface area contributed by atoms with E-state index in [0.717, 1.165) is 0 Å². The van der Waals surface area contributed by atoms with Crippen LogP contribution in [0.25, 0.3) is 0 Å².